The van der Waals surface area contributed by atoms with Crippen LogP contribution >= 0.6 is 0 Å². The molecule has 0 saturated heterocycles. The van der Waals surface area contributed by atoms with Crippen molar-refractivity contribution in [2.75, 3.05) is 11.4 Å². The third-order valence-corrected chi connectivity index (χ3v) is 7.69. The van der Waals surface area contributed by atoms with Crippen molar-refractivity contribution in [3.05, 3.63) is 76.1 Å². The quantitative estimate of drug-likeness (QED) is 0.0695. The van der Waals surface area contributed by atoms with Gasteiger partial charge in [0.15, 0.2) is 5.96 Å². The van der Waals surface area contributed by atoms with E-state index in [1.807, 2.05) is 18.2 Å². The highest BCUT2D eigenvalue weighted by molar-refractivity contribution is 6.05. The number of nitrogens with two attached hydrogens (primary N) is 3. The number of carbonyl (C=O) groups excluding carboxylic acids is 4. The van der Waals surface area contributed by atoms with Crippen molar-refractivity contribution < 1.29 is 28.3 Å². The van der Waals surface area contributed by atoms with Gasteiger partial charge in [0.2, 0.25) is 11.8 Å². The van der Waals surface area contributed by atoms with E-state index in [9.17, 15) is 24.0 Å². The predicted molar refractivity (Wildman–Crippen MR) is 183 cm³/mol. The van der Waals surface area contributed by atoms with E-state index in [-0.39, 0.29) is 42.7 Å². The monoisotopic (exact) mass is 663 g/mol. The molecule has 14 nitrogen and oxygen atoms in total. The minimum atomic E-state index is -1.19. The van der Waals surface area contributed by atoms with Crippen molar-refractivity contribution >= 4 is 46.4 Å². The highest BCUT2D eigenvalue weighted by Crippen LogP contribution is 2.28. The Morgan fingerprint density at radius 2 is 1.58 bits per heavy atom. The van der Waals surface area contributed by atoms with Crippen molar-refractivity contribution in [2.24, 2.45) is 34.0 Å². The van der Waals surface area contributed by atoms with Gasteiger partial charge < -0.3 is 37.0 Å². The predicted octanol–water partition coefficient (Wildman–Crippen LogP) is 2.43. The van der Waals surface area contributed by atoms with Crippen molar-refractivity contribution in [1.29, 1.82) is 0 Å². The van der Waals surface area contributed by atoms with Gasteiger partial charge in [0.1, 0.15) is 30.3 Å². The second-order valence-electron chi connectivity index (χ2n) is 12.2. The standard InChI is InChI=1S/C34H45N7O7/c1-19(2)28(40-34(46)47-18-22-10-7-6-8-11-22)31(44)39-29(20(3)4)32(45)41(25(30(35)43)12-9-15-38-33(36)37)23-13-14-24-21(5)16-27(42)48-26(24)17-23/h6-8,10-11,13-14,16-17,19-20,25,28-29H,9,12,15,18H2,1-5H3,(H2,35,43)(H,39,44)(H,40,46)(H4,36,37,38)/t25-,28-,29-/m0/s1. The Balaban J connectivity index is 1.95. The number of aliphatic imine (C=N–C) groups is 1. The molecule has 2 aromatic carbocycles. The number of alkyl carbamates (subject to hydrolysis) is 1. The summed E-state index contributed by atoms with van der Waals surface area (Å²) in [4.78, 5) is 71.1. The molecule has 0 aliphatic carbocycles. The zero-order valence-corrected chi connectivity index (χ0v) is 27.9. The van der Waals surface area contributed by atoms with E-state index >= 15 is 0 Å². The molecular weight excluding hydrogens is 618 g/mol. The molecule has 0 bridgehead atoms. The summed E-state index contributed by atoms with van der Waals surface area (Å²) < 4.78 is 10.7. The number of ether oxygens (including phenoxy) is 1. The normalized spacial score (nSPS) is 13.0. The molecule has 0 aliphatic rings. The average molecular weight is 664 g/mol. The van der Waals surface area contributed by atoms with Crippen LogP contribution in [0.25, 0.3) is 11.0 Å². The number of fused-ring (bicyclic) bond motifs is 1. The molecule has 14 heteroatoms. The van der Waals surface area contributed by atoms with Gasteiger partial charge in [-0.05, 0) is 54.9 Å². The van der Waals surface area contributed by atoms with E-state index in [4.69, 9.17) is 26.4 Å². The van der Waals surface area contributed by atoms with Crippen LogP contribution in [0.4, 0.5) is 10.5 Å². The fraction of sp³-hybridized carbons (Fsp3) is 0.412. The lowest BCUT2D eigenvalue weighted by Gasteiger charge is -2.35. The van der Waals surface area contributed by atoms with E-state index < -0.39 is 53.5 Å². The van der Waals surface area contributed by atoms with Gasteiger partial charge in [0, 0.05) is 29.8 Å². The molecule has 1 aromatic heterocycles. The molecule has 3 atom stereocenters. The number of rotatable bonds is 15. The number of carbonyl (C=O) groups is 4. The first kappa shape index (κ1) is 37.1. The smallest absolute Gasteiger partial charge is 0.408 e. The summed E-state index contributed by atoms with van der Waals surface area (Å²) in [6, 6.07) is 11.8. The molecule has 0 fully saturated rings. The topological polar surface area (TPSA) is 225 Å². The molecule has 3 aromatic rings. The average Bonchev–Trinajstić information content (AvgIpc) is 3.02. The van der Waals surface area contributed by atoms with Crippen LogP contribution in [0, 0.1) is 18.8 Å². The maximum atomic E-state index is 14.5. The van der Waals surface area contributed by atoms with Crippen molar-refractivity contribution in [3.8, 4) is 0 Å². The van der Waals surface area contributed by atoms with Crippen LogP contribution in [-0.2, 0) is 25.7 Å². The highest BCUT2D eigenvalue weighted by Gasteiger charge is 2.38. The maximum absolute atomic E-state index is 14.5. The lowest BCUT2D eigenvalue weighted by molar-refractivity contribution is -0.131. The Bertz CT molecular complexity index is 1680. The van der Waals surface area contributed by atoms with Gasteiger partial charge in [0.25, 0.3) is 5.91 Å². The molecule has 0 aliphatic heterocycles. The molecule has 4 amide bonds. The molecule has 258 valence electrons. The van der Waals surface area contributed by atoms with E-state index in [0.29, 0.717) is 17.4 Å². The lowest BCUT2D eigenvalue weighted by atomic mass is 9.97. The largest absolute Gasteiger partial charge is 0.445 e. The zero-order valence-electron chi connectivity index (χ0n) is 27.9. The van der Waals surface area contributed by atoms with Crippen LogP contribution in [0.15, 0.2) is 68.8 Å². The molecule has 0 saturated carbocycles. The Kier molecular flexibility index (Phi) is 13.1. The summed E-state index contributed by atoms with van der Waals surface area (Å²) in [5.74, 6) is -3.06. The number of amides is 4. The number of primary amides is 1. The molecule has 8 N–H and O–H groups in total. The Morgan fingerprint density at radius 1 is 0.917 bits per heavy atom. The molecule has 0 spiro atoms. The van der Waals surface area contributed by atoms with Crippen molar-refractivity contribution in [1.82, 2.24) is 10.6 Å². The first-order chi connectivity index (χ1) is 22.7. The fourth-order valence-corrected chi connectivity index (χ4v) is 5.15. The van der Waals surface area contributed by atoms with E-state index in [2.05, 4.69) is 15.6 Å². The number of nitrogens with one attached hydrogen (secondary N) is 2. The molecule has 0 unspecified atom stereocenters. The van der Waals surface area contributed by atoms with Gasteiger partial charge in [0.05, 0.1) is 0 Å². The van der Waals surface area contributed by atoms with Gasteiger partial charge in [-0.3, -0.25) is 24.3 Å². The Hall–Kier alpha value is -5.40. The van der Waals surface area contributed by atoms with E-state index in [1.54, 1.807) is 58.9 Å². The number of guanidine groups is 1. The van der Waals surface area contributed by atoms with Gasteiger partial charge in [-0.25, -0.2) is 9.59 Å². The van der Waals surface area contributed by atoms with E-state index in [1.165, 1.54) is 17.0 Å². The molecular formula is C34H45N7O7. The molecule has 1 heterocycles. The van der Waals surface area contributed by atoms with Crippen LogP contribution in [0.5, 0.6) is 0 Å². The summed E-state index contributed by atoms with van der Waals surface area (Å²) in [7, 11) is 0. The number of nitrogens with zero attached hydrogens (tertiary/aromatic N) is 2. The van der Waals surface area contributed by atoms with Gasteiger partial charge in [-0.1, -0.05) is 58.0 Å². The number of anilines is 1. The van der Waals surface area contributed by atoms with Crippen LogP contribution in [-0.4, -0.2) is 54.4 Å². The molecule has 0 radical (unpaired) electrons. The van der Waals surface area contributed by atoms with Crippen LogP contribution < -0.4 is 38.4 Å². The summed E-state index contributed by atoms with van der Waals surface area (Å²) in [6.07, 6.45) is -0.431. The SMILES string of the molecule is Cc1cc(=O)oc2cc(N(C(=O)[C@@H](NC(=O)[C@@H](NC(=O)OCc3ccccc3)C(C)C)C(C)C)[C@@H](CCCN=C(N)N)C(N)=O)ccc12. The summed E-state index contributed by atoms with van der Waals surface area (Å²) in [5, 5.41) is 6.01. The second kappa shape index (κ2) is 17.0. The minimum absolute atomic E-state index is 0.00423. The van der Waals surface area contributed by atoms with Crippen molar-refractivity contribution in [2.45, 2.75) is 72.2 Å². The van der Waals surface area contributed by atoms with Crippen LogP contribution in [0.3, 0.4) is 0 Å². The van der Waals surface area contributed by atoms with Gasteiger partial charge >= 0.3 is 11.7 Å². The first-order valence-electron chi connectivity index (χ1n) is 15.7. The Labute approximate surface area is 279 Å². The summed E-state index contributed by atoms with van der Waals surface area (Å²) in [5.41, 5.74) is 18.0. The minimum Gasteiger partial charge on any atom is -0.445 e. The number of hydrogen-bond acceptors (Lipinski definition) is 8. The van der Waals surface area contributed by atoms with Crippen LogP contribution in [0.2, 0.25) is 0 Å². The van der Waals surface area contributed by atoms with Gasteiger partial charge in [-0.15, -0.1) is 0 Å². The van der Waals surface area contributed by atoms with Gasteiger partial charge in [-0.2, -0.15) is 0 Å². The van der Waals surface area contributed by atoms with E-state index in [0.717, 1.165) is 5.56 Å². The molecule has 48 heavy (non-hydrogen) atoms. The van der Waals surface area contributed by atoms with Crippen molar-refractivity contribution in [3.63, 3.8) is 0 Å². The number of aryl methyl sites for hydroxylation is 1. The third-order valence-electron chi connectivity index (χ3n) is 7.69. The second-order valence-corrected chi connectivity index (χ2v) is 12.2. The lowest BCUT2D eigenvalue weighted by Crippen LogP contribution is -2.60. The summed E-state index contributed by atoms with van der Waals surface area (Å²) in [6.45, 7) is 8.87. The maximum Gasteiger partial charge on any atom is 0.408 e. The zero-order chi connectivity index (χ0) is 35.5. The summed E-state index contributed by atoms with van der Waals surface area (Å²) >= 11 is 0. The van der Waals surface area contributed by atoms with Crippen LogP contribution in [0.1, 0.15) is 51.7 Å². The number of hydrogen-bond donors (Lipinski definition) is 5. The third kappa shape index (κ3) is 10.0. The first-order valence-corrected chi connectivity index (χ1v) is 15.7. The highest BCUT2D eigenvalue weighted by atomic mass is 16.5. The fourth-order valence-electron chi connectivity index (χ4n) is 5.15. The number of benzene rings is 2. The Morgan fingerprint density at radius 3 is 2.19 bits per heavy atom. The molecule has 3 rings (SSSR count).